The zero-order chi connectivity index (χ0) is 25.8. The number of nitrogens with zero attached hydrogens (tertiary/aromatic N) is 1. The van der Waals surface area contributed by atoms with E-state index in [1.165, 1.54) is 11.2 Å². The maximum absolute atomic E-state index is 13.3. The highest BCUT2D eigenvalue weighted by atomic mass is 16.6. The number of amides is 1. The van der Waals surface area contributed by atoms with Gasteiger partial charge in [-0.2, -0.15) is 0 Å². The average molecular weight is 504 g/mol. The monoisotopic (exact) mass is 503 g/mol. The molecule has 8 heteroatoms. The summed E-state index contributed by atoms with van der Waals surface area (Å²) in [7, 11) is 0. The summed E-state index contributed by atoms with van der Waals surface area (Å²) in [5.41, 5.74) is 1.04. The van der Waals surface area contributed by atoms with Crippen LogP contribution in [0.25, 0.3) is 5.76 Å². The van der Waals surface area contributed by atoms with Gasteiger partial charge in [-0.15, -0.1) is 0 Å². The van der Waals surface area contributed by atoms with Crippen molar-refractivity contribution in [2.75, 3.05) is 19.8 Å². The maximum Gasteiger partial charge on any atom is 0.296 e. The third-order valence-electron chi connectivity index (χ3n) is 6.47. The summed E-state index contributed by atoms with van der Waals surface area (Å²) in [6.07, 6.45) is 4.69. The van der Waals surface area contributed by atoms with E-state index in [2.05, 4.69) is 6.92 Å². The molecule has 2 aromatic carbocycles. The van der Waals surface area contributed by atoms with Crippen LogP contribution in [0.4, 0.5) is 0 Å². The Hall–Kier alpha value is -4.20. The van der Waals surface area contributed by atoms with E-state index in [0.717, 1.165) is 19.3 Å². The fourth-order valence-corrected chi connectivity index (χ4v) is 4.59. The second-order valence-electron chi connectivity index (χ2n) is 8.99. The summed E-state index contributed by atoms with van der Waals surface area (Å²) >= 11 is 0. The molecule has 37 heavy (non-hydrogen) atoms. The Morgan fingerprint density at radius 1 is 1.03 bits per heavy atom. The molecule has 0 saturated carbocycles. The number of aliphatic hydroxyl groups excluding tert-OH is 1. The van der Waals surface area contributed by atoms with Crippen molar-refractivity contribution in [2.45, 2.75) is 38.8 Å². The van der Waals surface area contributed by atoms with Crippen molar-refractivity contribution in [3.63, 3.8) is 0 Å². The van der Waals surface area contributed by atoms with Crippen molar-refractivity contribution in [3.8, 4) is 17.2 Å². The highest BCUT2D eigenvalue weighted by Gasteiger charge is 2.46. The van der Waals surface area contributed by atoms with E-state index in [4.69, 9.17) is 18.6 Å². The van der Waals surface area contributed by atoms with E-state index in [1.807, 2.05) is 24.3 Å². The largest absolute Gasteiger partial charge is 0.507 e. The maximum atomic E-state index is 13.3. The number of rotatable bonds is 9. The van der Waals surface area contributed by atoms with Gasteiger partial charge >= 0.3 is 0 Å². The van der Waals surface area contributed by atoms with Gasteiger partial charge in [0.2, 0.25) is 0 Å². The molecule has 0 bridgehead atoms. The minimum atomic E-state index is -0.813. The molecule has 1 saturated heterocycles. The minimum absolute atomic E-state index is 0.00449. The molecule has 1 N–H and O–H groups in total. The molecule has 1 atom stereocenters. The van der Waals surface area contributed by atoms with Crippen LogP contribution in [0.3, 0.4) is 0 Å². The Balaban J connectivity index is 1.52. The molecule has 2 aliphatic heterocycles. The van der Waals surface area contributed by atoms with Gasteiger partial charge in [0, 0.05) is 5.56 Å². The van der Waals surface area contributed by atoms with Crippen LogP contribution in [0.1, 0.15) is 49.1 Å². The van der Waals surface area contributed by atoms with Gasteiger partial charge in [-0.1, -0.05) is 31.9 Å². The predicted molar refractivity (Wildman–Crippen MR) is 135 cm³/mol. The number of carbonyl (C=O) groups excluding carboxylic acids is 2. The molecule has 3 aromatic rings. The third kappa shape index (κ3) is 5.05. The summed E-state index contributed by atoms with van der Waals surface area (Å²) in [6.45, 7) is 3.66. The van der Waals surface area contributed by atoms with Crippen LogP contribution in [-0.4, -0.2) is 41.5 Å². The van der Waals surface area contributed by atoms with Crippen LogP contribution < -0.4 is 14.2 Å². The summed E-state index contributed by atoms with van der Waals surface area (Å²) in [4.78, 5) is 27.9. The number of aliphatic hydroxyl groups is 1. The van der Waals surface area contributed by atoms with E-state index in [0.29, 0.717) is 54.0 Å². The summed E-state index contributed by atoms with van der Waals surface area (Å²) in [6, 6.07) is 14.9. The first-order valence-corrected chi connectivity index (χ1v) is 12.5. The second kappa shape index (κ2) is 10.8. The van der Waals surface area contributed by atoms with Crippen LogP contribution in [-0.2, 0) is 16.1 Å². The Bertz CT molecular complexity index is 1290. The number of hydrogen-bond acceptors (Lipinski definition) is 7. The summed E-state index contributed by atoms with van der Waals surface area (Å²) in [5, 5.41) is 11.3. The SMILES string of the molecule is CCCCCOc1ccc([C@H]2C(=C(O)c3ccc4c(c3)OCCO4)C(=O)C(=O)N2Cc2ccco2)cc1. The van der Waals surface area contributed by atoms with E-state index >= 15 is 0 Å². The predicted octanol–water partition coefficient (Wildman–Crippen LogP) is 5.24. The molecule has 5 rings (SSSR count). The van der Waals surface area contributed by atoms with E-state index in [9.17, 15) is 14.7 Å². The first-order valence-electron chi connectivity index (χ1n) is 12.5. The molecule has 1 amide bonds. The first-order chi connectivity index (χ1) is 18.1. The molecule has 1 fully saturated rings. The number of Topliss-reactive ketones (excluding diaryl/α,β-unsaturated/α-hetero) is 1. The van der Waals surface area contributed by atoms with Crippen molar-refractivity contribution in [1.29, 1.82) is 0 Å². The molecular formula is C29H29NO7. The number of carbonyl (C=O) groups is 2. The summed E-state index contributed by atoms with van der Waals surface area (Å²) < 4.78 is 22.5. The number of benzene rings is 2. The number of ether oxygens (including phenoxy) is 3. The molecule has 8 nitrogen and oxygen atoms in total. The Kier molecular flexibility index (Phi) is 7.16. The van der Waals surface area contributed by atoms with E-state index in [-0.39, 0.29) is 17.9 Å². The lowest BCUT2D eigenvalue weighted by Gasteiger charge is -2.25. The Morgan fingerprint density at radius 3 is 2.54 bits per heavy atom. The van der Waals surface area contributed by atoms with Gasteiger partial charge in [-0.3, -0.25) is 9.59 Å². The standard InChI is InChI=1S/C29H29NO7/c1-2-3-4-13-34-21-10-7-19(8-11-21)26-25(28(32)29(33)30(26)18-22-6-5-14-35-22)27(31)20-9-12-23-24(17-20)37-16-15-36-23/h5-12,14,17,26,31H,2-4,13,15-16,18H2,1H3/t26-/m0/s1. The molecule has 0 spiro atoms. The molecule has 2 aliphatic rings. The normalized spacial score (nSPS) is 18.3. The lowest BCUT2D eigenvalue weighted by molar-refractivity contribution is -0.140. The van der Waals surface area contributed by atoms with E-state index in [1.54, 1.807) is 30.3 Å². The molecule has 3 heterocycles. The van der Waals surface area contributed by atoms with Gasteiger partial charge in [-0.05, 0) is 54.4 Å². The van der Waals surface area contributed by atoms with Crippen molar-refractivity contribution in [1.82, 2.24) is 4.90 Å². The van der Waals surface area contributed by atoms with Gasteiger partial charge < -0.3 is 28.6 Å². The highest BCUT2D eigenvalue weighted by Crippen LogP contribution is 2.42. The number of furan rings is 1. The van der Waals surface area contributed by atoms with Gasteiger partial charge in [-0.25, -0.2) is 0 Å². The van der Waals surface area contributed by atoms with Crippen LogP contribution >= 0.6 is 0 Å². The van der Waals surface area contributed by atoms with Crippen molar-refractivity contribution >= 4 is 17.4 Å². The quantitative estimate of drug-likeness (QED) is 0.184. The molecule has 1 aromatic heterocycles. The number of ketones is 1. The molecule has 192 valence electrons. The van der Waals surface area contributed by atoms with Crippen LogP contribution in [0.15, 0.2) is 70.9 Å². The lowest BCUT2D eigenvalue weighted by atomic mass is 9.95. The smallest absolute Gasteiger partial charge is 0.296 e. The van der Waals surface area contributed by atoms with Gasteiger partial charge in [0.1, 0.15) is 30.5 Å². The van der Waals surface area contributed by atoms with Gasteiger partial charge in [0.25, 0.3) is 11.7 Å². The topological polar surface area (TPSA) is 98.4 Å². The zero-order valence-electron chi connectivity index (χ0n) is 20.6. The molecular weight excluding hydrogens is 474 g/mol. The fourth-order valence-electron chi connectivity index (χ4n) is 4.59. The third-order valence-corrected chi connectivity index (χ3v) is 6.47. The molecule has 0 unspecified atom stereocenters. The zero-order valence-corrected chi connectivity index (χ0v) is 20.6. The lowest BCUT2D eigenvalue weighted by Crippen LogP contribution is -2.29. The molecule has 0 aliphatic carbocycles. The Labute approximate surface area is 215 Å². The Morgan fingerprint density at radius 2 is 1.81 bits per heavy atom. The van der Waals surface area contributed by atoms with Crippen molar-refractivity contribution in [2.24, 2.45) is 0 Å². The highest BCUT2D eigenvalue weighted by molar-refractivity contribution is 6.46. The fraction of sp³-hybridized carbons (Fsp3) is 0.310. The first kappa shape index (κ1) is 24.5. The van der Waals surface area contributed by atoms with Crippen LogP contribution in [0.2, 0.25) is 0 Å². The van der Waals surface area contributed by atoms with Gasteiger partial charge in [0.15, 0.2) is 11.5 Å². The number of fused-ring (bicyclic) bond motifs is 1. The van der Waals surface area contributed by atoms with Crippen LogP contribution in [0.5, 0.6) is 17.2 Å². The molecule has 0 radical (unpaired) electrons. The summed E-state index contributed by atoms with van der Waals surface area (Å²) in [5.74, 6) is 0.525. The number of likely N-dealkylation sites (tertiary alicyclic amines) is 1. The van der Waals surface area contributed by atoms with E-state index < -0.39 is 17.7 Å². The number of unbranched alkanes of at least 4 members (excludes halogenated alkanes) is 2. The van der Waals surface area contributed by atoms with Gasteiger partial charge in [0.05, 0.1) is 31.0 Å². The number of hydrogen-bond donors (Lipinski definition) is 1. The van der Waals surface area contributed by atoms with Crippen molar-refractivity contribution < 1.29 is 33.3 Å². The van der Waals surface area contributed by atoms with Crippen LogP contribution in [0, 0.1) is 0 Å². The second-order valence-corrected chi connectivity index (χ2v) is 8.99. The van der Waals surface area contributed by atoms with Crippen molar-refractivity contribution in [3.05, 3.63) is 83.3 Å². The average Bonchev–Trinajstić information content (AvgIpc) is 3.53. The minimum Gasteiger partial charge on any atom is -0.507 e.